The standard InChI is InChI=1S/C18H23N3/c1-12-6-3-9-15(13(12)2)18(21-19)16-10-4-7-14-8-5-11-20-17(14)16/h3,5-6,8-9,11,16,18,21H,4,7,10,19H2,1-2H3. The number of hydrogen-bond donors (Lipinski definition) is 2. The first-order chi connectivity index (χ1) is 10.2. The summed E-state index contributed by atoms with van der Waals surface area (Å²) in [6.45, 7) is 4.33. The Balaban J connectivity index is 2.04. The van der Waals surface area contributed by atoms with Gasteiger partial charge in [0.05, 0.1) is 6.04 Å². The zero-order chi connectivity index (χ0) is 14.8. The lowest BCUT2D eigenvalue weighted by Gasteiger charge is -2.32. The summed E-state index contributed by atoms with van der Waals surface area (Å²) in [4.78, 5) is 4.65. The molecule has 3 N–H and O–H groups in total. The van der Waals surface area contributed by atoms with E-state index in [2.05, 4.69) is 48.5 Å². The molecule has 1 aliphatic rings. The second-order valence-corrected chi connectivity index (χ2v) is 5.98. The van der Waals surface area contributed by atoms with E-state index in [0.717, 1.165) is 12.8 Å². The van der Waals surface area contributed by atoms with Crippen molar-refractivity contribution in [1.29, 1.82) is 0 Å². The van der Waals surface area contributed by atoms with Gasteiger partial charge in [0.2, 0.25) is 0 Å². The van der Waals surface area contributed by atoms with Gasteiger partial charge in [0.15, 0.2) is 0 Å². The number of nitrogens with two attached hydrogens (primary N) is 1. The van der Waals surface area contributed by atoms with Gasteiger partial charge < -0.3 is 0 Å². The number of rotatable bonds is 3. The van der Waals surface area contributed by atoms with E-state index >= 15 is 0 Å². The molecular weight excluding hydrogens is 258 g/mol. The molecule has 2 atom stereocenters. The highest BCUT2D eigenvalue weighted by Gasteiger charge is 2.30. The lowest BCUT2D eigenvalue weighted by Crippen LogP contribution is -2.35. The quantitative estimate of drug-likeness (QED) is 0.670. The molecule has 0 saturated carbocycles. The highest BCUT2D eigenvalue weighted by molar-refractivity contribution is 5.38. The van der Waals surface area contributed by atoms with E-state index in [4.69, 9.17) is 5.84 Å². The minimum absolute atomic E-state index is 0.124. The van der Waals surface area contributed by atoms with Crippen LogP contribution >= 0.6 is 0 Å². The van der Waals surface area contributed by atoms with Crippen molar-refractivity contribution in [2.45, 2.75) is 45.1 Å². The van der Waals surface area contributed by atoms with E-state index in [9.17, 15) is 0 Å². The van der Waals surface area contributed by atoms with Crippen LogP contribution in [0.2, 0.25) is 0 Å². The summed E-state index contributed by atoms with van der Waals surface area (Å²) in [5.41, 5.74) is 9.57. The summed E-state index contributed by atoms with van der Waals surface area (Å²) >= 11 is 0. The third kappa shape index (κ3) is 2.59. The Morgan fingerprint density at radius 1 is 1.24 bits per heavy atom. The zero-order valence-corrected chi connectivity index (χ0v) is 12.8. The van der Waals surface area contributed by atoms with Gasteiger partial charge in [0, 0.05) is 17.8 Å². The van der Waals surface area contributed by atoms with Crippen LogP contribution in [0.25, 0.3) is 0 Å². The molecule has 0 amide bonds. The number of nitrogens with zero attached hydrogens (tertiary/aromatic N) is 1. The van der Waals surface area contributed by atoms with Crippen molar-refractivity contribution in [3.05, 3.63) is 64.5 Å². The molecule has 0 spiro atoms. The first-order valence-corrected chi connectivity index (χ1v) is 7.68. The number of aromatic nitrogens is 1. The Morgan fingerprint density at radius 2 is 2.10 bits per heavy atom. The van der Waals surface area contributed by atoms with Crippen LogP contribution in [0.4, 0.5) is 0 Å². The van der Waals surface area contributed by atoms with Gasteiger partial charge in [0.25, 0.3) is 0 Å². The van der Waals surface area contributed by atoms with Gasteiger partial charge >= 0.3 is 0 Å². The molecule has 0 aliphatic heterocycles. The van der Waals surface area contributed by atoms with Crippen molar-refractivity contribution in [2.24, 2.45) is 5.84 Å². The van der Waals surface area contributed by atoms with Gasteiger partial charge in [-0.15, -0.1) is 0 Å². The van der Waals surface area contributed by atoms with Crippen molar-refractivity contribution in [3.8, 4) is 0 Å². The molecule has 21 heavy (non-hydrogen) atoms. The van der Waals surface area contributed by atoms with Crippen molar-refractivity contribution in [1.82, 2.24) is 10.4 Å². The number of pyridine rings is 1. The highest BCUT2D eigenvalue weighted by Crippen LogP contribution is 2.39. The molecule has 2 aromatic rings. The number of hydrazine groups is 1. The minimum Gasteiger partial charge on any atom is -0.271 e. The summed E-state index contributed by atoms with van der Waals surface area (Å²) < 4.78 is 0. The maximum Gasteiger partial charge on any atom is 0.0546 e. The molecule has 3 heteroatoms. The number of benzene rings is 1. The van der Waals surface area contributed by atoms with E-state index < -0.39 is 0 Å². The normalized spacial score (nSPS) is 19.1. The second kappa shape index (κ2) is 5.96. The van der Waals surface area contributed by atoms with Crippen LogP contribution in [0.1, 0.15) is 52.7 Å². The molecule has 1 aromatic carbocycles. The summed E-state index contributed by atoms with van der Waals surface area (Å²) in [5, 5.41) is 0. The van der Waals surface area contributed by atoms with Crippen LogP contribution in [0.3, 0.4) is 0 Å². The third-order valence-corrected chi connectivity index (χ3v) is 4.80. The van der Waals surface area contributed by atoms with Crippen LogP contribution < -0.4 is 11.3 Å². The number of aryl methyl sites for hydroxylation is 2. The molecule has 0 radical (unpaired) electrons. The fourth-order valence-corrected chi connectivity index (χ4v) is 3.50. The Hall–Kier alpha value is -1.71. The molecule has 3 nitrogen and oxygen atoms in total. The lowest BCUT2D eigenvalue weighted by molar-refractivity contribution is 0.398. The van der Waals surface area contributed by atoms with Crippen LogP contribution in [-0.2, 0) is 6.42 Å². The maximum absolute atomic E-state index is 5.93. The molecule has 3 rings (SSSR count). The van der Waals surface area contributed by atoms with Gasteiger partial charge in [-0.3, -0.25) is 16.3 Å². The van der Waals surface area contributed by atoms with Crippen LogP contribution in [-0.4, -0.2) is 4.98 Å². The van der Waals surface area contributed by atoms with E-state index in [1.165, 1.54) is 34.4 Å². The van der Waals surface area contributed by atoms with Gasteiger partial charge in [0.1, 0.15) is 0 Å². The van der Waals surface area contributed by atoms with Crippen molar-refractivity contribution >= 4 is 0 Å². The van der Waals surface area contributed by atoms with Gasteiger partial charge in [-0.05, 0) is 61.4 Å². The van der Waals surface area contributed by atoms with Crippen LogP contribution in [0, 0.1) is 13.8 Å². The zero-order valence-electron chi connectivity index (χ0n) is 12.8. The first kappa shape index (κ1) is 14.2. The summed E-state index contributed by atoms with van der Waals surface area (Å²) in [5.74, 6) is 6.28. The molecule has 1 aliphatic carbocycles. The molecule has 0 fully saturated rings. The van der Waals surface area contributed by atoms with Gasteiger partial charge in [-0.2, -0.15) is 0 Å². The Morgan fingerprint density at radius 3 is 2.90 bits per heavy atom. The lowest BCUT2D eigenvalue weighted by atomic mass is 9.78. The SMILES string of the molecule is Cc1cccc(C(NN)C2CCCc3cccnc32)c1C. The van der Waals surface area contributed by atoms with E-state index in [1.54, 1.807) is 0 Å². The molecule has 2 unspecified atom stereocenters. The first-order valence-electron chi connectivity index (χ1n) is 7.68. The smallest absolute Gasteiger partial charge is 0.0546 e. The summed E-state index contributed by atoms with van der Waals surface area (Å²) in [6.07, 6.45) is 5.36. The number of hydrogen-bond acceptors (Lipinski definition) is 3. The molecular formula is C18H23N3. The third-order valence-electron chi connectivity index (χ3n) is 4.80. The maximum atomic E-state index is 5.93. The molecule has 1 heterocycles. The largest absolute Gasteiger partial charge is 0.271 e. The fourth-order valence-electron chi connectivity index (χ4n) is 3.50. The van der Waals surface area contributed by atoms with Crippen molar-refractivity contribution in [2.75, 3.05) is 0 Å². The van der Waals surface area contributed by atoms with E-state index in [0.29, 0.717) is 5.92 Å². The highest BCUT2D eigenvalue weighted by atomic mass is 15.2. The topological polar surface area (TPSA) is 50.9 Å². The Labute approximate surface area is 126 Å². The fraction of sp³-hybridized carbons (Fsp3) is 0.389. The molecule has 1 aromatic heterocycles. The predicted molar refractivity (Wildman–Crippen MR) is 85.9 cm³/mol. The van der Waals surface area contributed by atoms with Crippen LogP contribution in [0.5, 0.6) is 0 Å². The minimum atomic E-state index is 0.124. The summed E-state index contributed by atoms with van der Waals surface area (Å²) in [7, 11) is 0. The Bertz CT molecular complexity index is 636. The van der Waals surface area contributed by atoms with Crippen LogP contribution in [0.15, 0.2) is 36.5 Å². The Kier molecular flexibility index (Phi) is 4.04. The second-order valence-electron chi connectivity index (χ2n) is 5.98. The summed E-state index contributed by atoms with van der Waals surface area (Å²) in [6, 6.07) is 10.8. The average Bonchev–Trinajstić information content (AvgIpc) is 2.52. The predicted octanol–water partition coefficient (Wildman–Crippen LogP) is 3.32. The van der Waals surface area contributed by atoms with E-state index in [1.807, 2.05) is 12.3 Å². The average molecular weight is 281 g/mol. The number of nitrogens with one attached hydrogen (secondary N) is 1. The molecule has 0 bridgehead atoms. The molecule has 110 valence electrons. The van der Waals surface area contributed by atoms with Crippen molar-refractivity contribution in [3.63, 3.8) is 0 Å². The monoisotopic (exact) mass is 281 g/mol. The number of fused-ring (bicyclic) bond motifs is 1. The van der Waals surface area contributed by atoms with Gasteiger partial charge in [-0.1, -0.05) is 24.3 Å². The molecule has 0 saturated heterocycles. The van der Waals surface area contributed by atoms with Crippen molar-refractivity contribution < 1.29 is 0 Å². The van der Waals surface area contributed by atoms with Gasteiger partial charge in [-0.25, -0.2) is 0 Å². The van der Waals surface area contributed by atoms with E-state index in [-0.39, 0.29) is 6.04 Å².